The van der Waals surface area contributed by atoms with Crippen molar-refractivity contribution in [3.8, 4) is 0 Å². The van der Waals surface area contributed by atoms with Crippen molar-refractivity contribution in [1.82, 2.24) is 0 Å². The molecule has 0 fully saturated rings. The summed E-state index contributed by atoms with van der Waals surface area (Å²) in [6.45, 7) is 0. The van der Waals surface area contributed by atoms with Crippen molar-refractivity contribution in [3.63, 3.8) is 0 Å². The third-order valence-electron chi connectivity index (χ3n) is 1.53. The SMILES string of the molecule is O=C(O)c1ccccc1CS(=O)O. The number of hydrogen-bond acceptors (Lipinski definition) is 2. The van der Waals surface area contributed by atoms with Crippen molar-refractivity contribution >= 4 is 17.0 Å². The normalized spacial score (nSPS) is 12.4. The molecule has 1 aromatic carbocycles. The van der Waals surface area contributed by atoms with E-state index in [2.05, 4.69) is 0 Å². The molecule has 0 heterocycles. The summed E-state index contributed by atoms with van der Waals surface area (Å²) in [7, 11) is 0. The highest BCUT2D eigenvalue weighted by Crippen LogP contribution is 2.10. The van der Waals surface area contributed by atoms with E-state index in [0.29, 0.717) is 5.56 Å². The molecule has 0 bridgehead atoms. The summed E-state index contributed by atoms with van der Waals surface area (Å²) < 4.78 is 19.1. The van der Waals surface area contributed by atoms with Crippen LogP contribution in [0.15, 0.2) is 24.3 Å². The van der Waals surface area contributed by atoms with Crippen molar-refractivity contribution < 1.29 is 18.7 Å². The number of benzene rings is 1. The molecule has 1 aromatic rings. The molecule has 0 amide bonds. The summed E-state index contributed by atoms with van der Waals surface area (Å²) >= 11 is -2.01. The second kappa shape index (κ2) is 4.15. The van der Waals surface area contributed by atoms with Gasteiger partial charge in [0, 0.05) is 0 Å². The molecule has 0 saturated heterocycles. The summed E-state index contributed by atoms with van der Waals surface area (Å²) in [5.74, 6) is -1.23. The van der Waals surface area contributed by atoms with Crippen LogP contribution in [0.4, 0.5) is 0 Å². The summed E-state index contributed by atoms with van der Waals surface area (Å²) in [6.07, 6.45) is 0. The molecular weight excluding hydrogens is 192 g/mol. The maximum atomic E-state index is 10.6. The van der Waals surface area contributed by atoms with E-state index in [4.69, 9.17) is 9.66 Å². The second-order valence-corrected chi connectivity index (χ2v) is 3.36. The highest BCUT2D eigenvalue weighted by atomic mass is 32.2. The van der Waals surface area contributed by atoms with Gasteiger partial charge in [-0.15, -0.1) is 0 Å². The highest BCUT2D eigenvalue weighted by molar-refractivity contribution is 7.78. The number of carboxylic acids is 1. The molecule has 0 aliphatic carbocycles. The zero-order valence-corrected chi connectivity index (χ0v) is 7.45. The van der Waals surface area contributed by atoms with Crippen LogP contribution in [0.5, 0.6) is 0 Å². The Morgan fingerprint density at radius 3 is 2.54 bits per heavy atom. The van der Waals surface area contributed by atoms with Gasteiger partial charge in [-0.3, -0.25) is 0 Å². The lowest BCUT2D eigenvalue weighted by molar-refractivity contribution is 0.0696. The largest absolute Gasteiger partial charge is 0.478 e. The van der Waals surface area contributed by atoms with E-state index in [0.717, 1.165) is 0 Å². The number of carbonyl (C=O) groups is 1. The van der Waals surface area contributed by atoms with Gasteiger partial charge in [0.2, 0.25) is 0 Å². The van der Waals surface area contributed by atoms with Crippen LogP contribution >= 0.6 is 0 Å². The number of aromatic carboxylic acids is 1. The lowest BCUT2D eigenvalue weighted by Crippen LogP contribution is -2.04. The Morgan fingerprint density at radius 2 is 2.00 bits per heavy atom. The molecule has 70 valence electrons. The molecule has 0 aliphatic rings. The first-order valence-electron chi connectivity index (χ1n) is 3.50. The van der Waals surface area contributed by atoms with E-state index in [1.165, 1.54) is 12.1 Å². The average Bonchev–Trinajstić information content (AvgIpc) is 2.03. The lowest BCUT2D eigenvalue weighted by atomic mass is 10.1. The molecule has 0 radical (unpaired) electrons. The van der Waals surface area contributed by atoms with Gasteiger partial charge in [0.25, 0.3) is 0 Å². The third kappa shape index (κ3) is 2.64. The zero-order valence-electron chi connectivity index (χ0n) is 6.64. The third-order valence-corrected chi connectivity index (χ3v) is 2.08. The fraction of sp³-hybridized carbons (Fsp3) is 0.125. The summed E-state index contributed by atoms with van der Waals surface area (Å²) in [4.78, 5) is 10.6. The molecule has 1 atom stereocenters. The van der Waals surface area contributed by atoms with Crippen molar-refractivity contribution in [3.05, 3.63) is 35.4 Å². The van der Waals surface area contributed by atoms with Crippen LogP contribution < -0.4 is 0 Å². The standard InChI is InChI=1S/C8H8O4S/c9-8(10)7-4-2-1-3-6(7)5-13(11)12/h1-4H,5H2,(H,9,10)(H,11,12). The van der Waals surface area contributed by atoms with Crippen LogP contribution in [-0.2, 0) is 16.8 Å². The zero-order chi connectivity index (χ0) is 9.84. The maximum absolute atomic E-state index is 10.6. The fourth-order valence-corrected chi connectivity index (χ4v) is 1.51. The maximum Gasteiger partial charge on any atom is 0.335 e. The van der Waals surface area contributed by atoms with Crippen molar-refractivity contribution in [2.24, 2.45) is 0 Å². The van der Waals surface area contributed by atoms with Crippen LogP contribution in [0.1, 0.15) is 15.9 Å². The van der Waals surface area contributed by atoms with Gasteiger partial charge in [-0.2, -0.15) is 0 Å². The van der Waals surface area contributed by atoms with E-state index in [1.807, 2.05) is 0 Å². The Labute approximate surface area is 77.5 Å². The molecule has 0 saturated carbocycles. The van der Waals surface area contributed by atoms with Crippen LogP contribution in [0.2, 0.25) is 0 Å². The van der Waals surface area contributed by atoms with Gasteiger partial charge >= 0.3 is 5.97 Å². The van der Waals surface area contributed by atoms with E-state index >= 15 is 0 Å². The van der Waals surface area contributed by atoms with Crippen molar-refractivity contribution in [2.75, 3.05) is 0 Å². The van der Waals surface area contributed by atoms with Crippen molar-refractivity contribution in [2.45, 2.75) is 5.75 Å². The minimum atomic E-state index is -2.01. The monoisotopic (exact) mass is 200 g/mol. The predicted octanol–water partition coefficient (Wildman–Crippen LogP) is 1.11. The molecule has 13 heavy (non-hydrogen) atoms. The van der Waals surface area contributed by atoms with E-state index in [1.54, 1.807) is 12.1 Å². The van der Waals surface area contributed by atoms with Gasteiger partial charge in [-0.1, -0.05) is 18.2 Å². The Morgan fingerprint density at radius 1 is 1.38 bits per heavy atom. The Kier molecular flexibility index (Phi) is 3.16. The summed E-state index contributed by atoms with van der Waals surface area (Å²) in [6, 6.07) is 6.14. The molecular formula is C8H8O4S. The lowest BCUT2D eigenvalue weighted by Gasteiger charge is -2.01. The molecule has 0 aliphatic heterocycles. The van der Waals surface area contributed by atoms with Gasteiger partial charge in [-0.25, -0.2) is 9.00 Å². The Balaban J connectivity index is 3.04. The number of rotatable bonds is 3. The van der Waals surface area contributed by atoms with E-state index < -0.39 is 17.0 Å². The van der Waals surface area contributed by atoms with E-state index in [-0.39, 0.29) is 11.3 Å². The average molecular weight is 200 g/mol. The quantitative estimate of drug-likeness (QED) is 0.716. The Bertz CT molecular complexity index is 348. The predicted molar refractivity (Wildman–Crippen MR) is 47.9 cm³/mol. The molecule has 5 heteroatoms. The van der Waals surface area contributed by atoms with Crippen molar-refractivity contribution in [1.29, 1.82) is 0 Å². The smallest absolute Gasteiger partial charge is 0.335 e. The number of carboxylic acid groups (broad SMARTS) is 1. The molecule has 0 spiro atoms. The molecule has 1 unspecified atom stereocenters. The first-order chi connectivity index (χ1) is 6.11. The van der Waals surface area contributed by atoms with Gasteiger partial charge in [0.05, 0.1) is 11.3 Å². The van der Waals surface area contributed by atoms with Crippen LogP contribution in [0.25, 0.3) is 0 Å². The molecule has 0 aromatic heterocycles. The molecule has 1 rings (SSSR count). The number of hydrogen-bond donors (Lipinski definition) is 2. The van der Waals surface area contributed by atoms with E-state index in [9.17, 15) is 9.00 Å². The highest BCUT2D eigenvalue weighted by Gasteiger charge is 2.09. The van der Waals surface area contributed by atoms with Crippen LogP contribution in [0, 0.1) is 0 Å². The summed E-state index contributed by atoms with van der Waals surface area (Å²) in [5, 5.41) is 8.70. The Hall–Kier alpha value is -1.20. The minimum Gasteiger partial charge on any atom is -0.478 e. The first kappa shape index (κ1) is 9.88. The second-order valence-electron chi connectivity index (χ2n) is 2.43. The van der Waals surface area contributed by atoms with Gasteiger partial charge in [0.15, 0.2) is 11.1 Å². The van der Waals surface area contributed by atoms with Gasteiger partial charge < -0.3 is 9.66 Å². The fourth-order valence-electron chi connectivity index (χ4n) is 0.988. The van der Waals surface area contributed by atoms with Gasteiger partial charge in [0.1, 0.15) is 0 Å². The first-order valence-corrected chi connectivity index (χ1v) is 4.77. The summed E-state index contributed by atoms with van der Waals surface area (Å²) in [5.41, 5.74) is 0.445. The molecule has 4 nitrogen and oxygen atoms in total. The van der Waals surface area contributed by atoms with Crippen LogP contribution in [-0.4, -0.2) is 19.8 Å². The van der Waals surface area contributed by atoms with Gasteiger partial charge in [-0.05, 0) is 11.6 Å². The topological polar surface area (TPSA) is 74.6 Å². The minimum absolute atomic E-state index is 0.0740. The molecule has 2 N–H and O–H groups in total. The van der Waals surface area contributed by atoms with Crippen LogP contribution in [0.3, 0.4) is 0 Å².